The van der Waals surface area contributed by atoms with E-state index in [9.17, 15) is 9.59 Å². The van der Waals surface area contributed by atoms with Crippen molar-refractivity contribution in [1.29, 1.82) is 0 Å². The SMILES string of the molecule is COc1ccccc1NC(=O)CSc1nnc(NC(=O)c2cccc(C)c2)s1. The second-order valence-electron chi connectivity index (χ2n) is 5.73. The number of carbonyl (C=O) groups is 2. The standard InChI is InChI=1S/C19H18N4O3S2/c1-12-6-5-7-13(10-12)17(25)21-18-22-23-19(28-18)27-11-16(24)20-14-8-3-4-9-15(14)26-2/h3-10H,11H2,1-2H3,(H,20,24)(H,21,22,25). The summed E-state index contributed by atoms with van der Waals surface area (Å²) >= 11 is 2.47. The zero-order valence-corrected chi connectivity index (χ0v) is 16.9. The number of rotatable bonds is 7. The molecular weight excluding hydrogens is 396 g/mol. The van der Waals surface area contributed by atoms with E-state index in [2.05, 4.69) is 20.8 Å². The fourth-order valence-electron chi connectivity index (χ4n) is 2.34. The van der Waals surface area contributed by atoms with Crippen molar-refractivity contribution in [3.63, 3.8) is 0 Å². The molecule has 0 aliphatic rings. The van der Waals surface area contributed by atoms with Gasteiger partial charge < -0.3 is 10.1 Å². The summed E-state index contributed by atoms with van der Waals surface area (Å²) in [5, 5.41) is 13.9. The molecule has 0 radical (unpaired) electrons. The number of hydrogen-bond acceptors (Lipinski definition) is 7. The number of para-hydroxylation sites is 2. The number of nitrogens with zero attached hydrogens (tertiary/aromatic N) is 2. The Morgan fingerprint density at radius 3 is 2.71 bits per heavy atom. The minimum absolute atomic E-state index is 0.165. The Morgan fingerprint density at radius 2 is 1.93 bits per heavy atom. The molecule has 0 aliphatic heterocycles. The number of anilines is 2. The van der Waals surface area contributed by atoms with Gasteiger partial charge in [0.15, 0.2) is 4.34 Å². The van der Waals surface area contributed by atoms with Crippen LogP contribution in [0.15, 0.2) is 52.9 Å². The van der Waals surface area contributed by atoms with E-state index in [0.29, 0.717) is 26.5 Å². The van der Waals surface area contributed by atoms with E-state index < -0.39 is 0 Å². The van der Waals surface area contributed by atoms with Crippen LogP contribution >= 0.6 is 23.1 Å². The van der Waals surface area contributed by atoms with E-state index in [-0.39, 0.29) is 17.6 Å². The van der Waals surface area contributed by atoms with E-state index in [1.54, 1.807) is 31.4 Å². The molecule has 0 bridgehead atoms. The first-order chi connectivity index (χ1) is 13.5. The molecule has 0 saturated heterocycles. The number of hydrogen-bond donors (Lipinski definition) is 2. The van der Waals surface area contributed by atoms with Crippen LogP contribution in [-0.4, -0.2) is 34.9 Å². The highest BCUT2D eigenvalue weighted by atomic mass is 32.2. The lowest BCUT2D eigenvalue weighted by molar-refractivity contribution is -0.113. The molecule has 3 rings (SSSR count). The van der Waals surface area contributed by atoms with Crippen LogP contribution in [0.4, 0.5) is 10.8 Å². The zero-order chi connectivity index (χ0) is 19.9. The number of amides is 2. The van der Waals surface area contributed by atoms with Gasteiger partial charge in [0.05, 0.1) is 18.6 Å². The molecule has 7 nitrogen and oxygen atoms in total. The minimum atomic E-state index is -0.245. The Labute approximate surface area is 170 Å². The number of carbonyl (C=O) groups excluding carboxylic acids is 2. The normalized spacial score (nSPS) is 10.4. The molecule has 0 saturated carbocycles. The van der Waals surface area contributed by atoms with E-state index >= 15 is 0 Å². The second kappa shape index (κ2) is 9.34. The van der Waals surface area contributed by atoms with Gasteiger partial charge in [-0.1, -0.05) is 52.9 Å². The lowest BCUT2D eigenvalue weighted by Crippen LogP contribution is -2.14. The summed E-state index contributed by atoms with van der Waals surface area (Å²) in [7, 11) is 1.55. The van der Waals surface area contributed by atoms with E-state index in [1.165, 1.54) is 23.1 Å². The van der Waals surface area contributed by atoms with Gasteiger partial charge >= 0.3 is 0 Å². The molecule has 1 heterocycles. The lowest BCUT2D eigenvalue weighted by atomic mass is 10.1. The zero-order valence-electron chi connectivity index (χ0n) is 15.3. The van der Waals surface area contributed by atoms with Crippen LogP contribution in [0.5, 0.6) is 5.75 Å². The van der Waals surface area contributed by atoms with Crippen molar-refractivity contribution < 1.29 is 14.3 Å². The molecule has 0 aliphatic carbocycles. The van der Waals surface area contributed by atoms with Gasteiger partial charge in [0.1, 0.15) is 5.75 Å². The Kier molecular flexibility index (Phi) is 6.62. The highest BCUT2D eigenvalue weighted by Gasteiger charge is 2.13. The van der Waals surface area contributed by atoms with Gasteiger partial charge in [0, 0.05) is 5.56 Å². The summed E-state index contributed by atoms with van der Waals surface area (Å²) in [6, 6.07) is 14.5. The highest BCUT2D eigenvalue weighted by Crippen LogP contribution is 2.27. The van der Waals surface area contributed by atoms with Gasteiger partial charge in [-0.15, -0.1) is 10.2 Å². The highest BCUT2D eigenvalue weighted by molar-refractivity contribution is 8.01. The third-order valence-electron chi connectivity index (χ3n) is 3.61. The number of methoxy groups -OCH3 is 1. The molecule has 2 N–H and O–H groups in total. The third-order valence-corrected chi connectivity index (χ3v) is 5.59. The summed E-state index contributed by atoms with van der Waals surface area (Å²) in [6.45, 7) is 1.92. The average molecular weight is 415 g/mol. The Morgan fingerprint density at radius 1 is 1.11 bits per heavy atom. The van der Waals surface area contributed by atoms with E-state index in [1.807, 2.05) is 31.2 Å². The molecule has 144 valence electrons. The third kappa shape index (κ3) is 5.30. The van der Waals surface area contributed by atoms with Gasteiger partial charge in [0.25, 0.3) is 5.91 Å². The van der Waals surface area contributed by atoms with Crippen molar-refractivity contribution in [1.82, 2.24) is 10.2 Å². The molecular formula is C19H18N4O3S2. The van der Waals surface area contributed by atoms with Crippen molar-refractivity contribution in [2.75, 3.05) is 23.5 Å². The monoisotopic (exact) mass is 414 g/mol. The topological polar surface area (TPSA) is 93.2 Å². The summed E-state index contributed by atoms with van der Waals surface area (Å²) in [5.41, 5.74) is 2.17. The Bertz CT molecular complexity index is 991. The molecule has 2 amide bonds. The van der Waals surface area contributed by atoms with Gasteiger partial charge in [-0.05, 0) is 31.2 Å². The van der Waals surface area contributed by atoms with E-state index in [0.717, 1.165) is 5.56 Å². The van der Waals surface area contributed by atoms with Gasteiger partial charge in [-0.2, -0.15) is 0 Å². The predicted octanol–water partition coefficient (Wildman–Crippen LogP) is 3.84. The average Bonchev–Trinajstić information content (AvgIpc) is 3.14. The number of aromatic nitrogens is 2. The molecule has 9 heteroatoms. The predicted molar refractivity (Wildman–Crippen MR) is 111 cm³/mol. The van der Waals surface area contributed by atoms with Gasteiger partial charge in [-0.25, -0.2) is 0 Å². The largest absolute Gasteiger partial charge is 0.495 e. The smallest absolute Gasteiger partial charge is 0.257 e. The Hall–Kier alpha value is -2.91. The van der Waals surface area contributed by atoms with Crippen LogP contribution in [0.1, 0.15) is 15.9 Å². The number of thioether (sulfide) groups is 1. The van der Waals surface area contributed by atoms with Crippen LogP contribution in [0, 0.1) is 6.92 Å². The first-order valence-electron chi connectivity index (χ1n) is 8.32. The van der Waals surface area contributed by atoms with Crippen LogP contribution in [0.2, 0.25) is 0 Å². The molecule has 0 atom stereocenters. The van der Waals surface area contributed by atoms with Gasteiger partial charge in [0.2, 0.25) is 11.0 Å². The van der Waals surface area contributed by atoms with Crippen LogP contribution in [0.25, 0.3) is 0 Å². The molecule has 3 aromatic rings. The lowest BCUT2D eigenvalue weighted by Gasteiger charge is -2.08. The first kappa shape index (κ1) is 19.8. The summed E-state index contributed by atoms with van der Waals surface area (Å²) in [4.78, 5) is 24.4. The minimum Gasteiger partial charge on any atom is -0.495 e. The van der Waals surface area contributed by atoms with Crippen molar-refractivity contribution in [3.05, 3.63) is 59.7 Å². The molecule has 0 fully saturated rings. The van der Waals surface area contributed by atoms with Crippen molar-refractivity contribution in [3.8, 4) is 5.75 Å². The number of nitrogens with one attached hydrogen (secondary N) is 2. The van der Waals surface area contributed by atoms with Crippen LogP contribution in [-0.2, 0) is 4.79 Å². The van der Waals surface area contributed by atoms with Crippen molar-refractivity contribution in [2.24, 2.45) is 0 Å². The number of benzene rings is 2. The molecule has 0 spiro atoms. The Balaban J connectivity index is 1.53. The number of ether oxygens (including phenoxy) is 1. The quantitative estimate of drug-likeness (QED) is 0.451. The fraction of sp³-hybridized carbons (Fsp3) is 0.158. The van der Waals surface area contributed by atoms with Gasteiger partial charge in [-0.3, -0.25) is 14.9 Å². The fourth-order valence-corrected chi connectivity index (χ4v) is 3.88. The second-order valence-corrected chi connectivity index (χ2v) is 7.93. The first-order valence-corrected chi connectivity index (χ1v) is 10.1. The maximum atomic E-state index is 12.3. The summed E-state index contributed by atoms with van der Waals surface area (Å²) in [5.74, 6) is 0.330. The summed E-state index contributed by atoms with van der Waals surface area (Å²) in [6.07, 6.45) is 0. The number of aryl methyl sites for hydroxylation is 1. The summed E-state index contributed by atoms with van der Waals surface area (Å²) < 4.78 is 5.80. The molecule has 28 heavy (non-hydrogen) atoms. The molecule has 1 aromatic heterocycles. The molecule has 0 unspecified atom stereocenters. The van der Waals surface area contributed by atoms with Crippen LogP contribution in [0.3, 0.4) is 0 Å². The maximum absolute atomic E-state index is 12.3. The maximum Gasteiger partial charge on any atom is 0.257 e. The van der Waals surface area contributed by atoms with Crippen LogP contribution < -0.4 is 15.4 Å². The molecule has 2 aromatic carbocycles. The van der Waals surface area contributed by atoms with E-state index in [4.69, 9.17) is 4.74 Å². The van der Waals surface area contributed by atoms with Crippen molar-refractivity contribution in [2.45, 2.75) is 11.3 Å². The van der Waals surface area contributed by atoms with Crippen molar-refractivity contribution >= 4 is 45.7 Å².